The van der Waals surface area contributed by atoms with Crippen molar-refractivity contribution in [2.24, 2.45) is 0 Å². The molecule has 0 amide bonds. The number of aromatic nitrogens is 3. The predicted octanol–water partition coefficient (Wildman–Crippen LogP) is 2.41. The van der Waals surface area contributed by atoms with Crippen LogP contribution in [0.4, 0.5) is 11.6 Å². The molecule has 2 aromatic rings. The molecule has 3 N–H and O–H groups in total. The Morgan fingerprint density at radius 1 is 1.29 bits per heavy atom. The van der Waals surface area contributed by atoms with Crippen molar-refractivity contribution >= 4 is 17.3 Å². The molecule has 3 atom stereocenters. The van der Waals surface area contributed by atoms with Crippen molar-refractivity contribution in [3.63, 3.8) is 0 Å². The molecule has 8 heteroatoms. The van der Waals surface area contributed by atoms with Crippen LogP contribution in [0.25, 0.3) is 5.65 Å². The van der Waals surface area contributed by atoms with Gasteiger partial charge in [0.05, 0.1) is 6.20 Å². The summed E-state index contributed by atoms with van der Waals surface area (Å²) in [6.07, 6.45) is 10.0. The number of hydrogen-bond acceptors (Lipinski definition) is 7. The lowest BCUT2D eigenvalue weighted by Crippen LogP contribution is -2.46. The average Bonchev–Trinajstić information content (AvgIpc) is 3.22. The number of piperidine rings is 2. The molecule has 8 nitrogen and oxygen atoms in total. The molecule has 170 valence electrons. The van der Waals surface area contributed by atoms with Gasteiger partial charge in [-0.1, -0.05) is 13.5 Å². The monoisotopic (exact) mass is 428 g/mol. The molecule has 0 aliphatic carbocycles. The summed E-state index contributed by atoms with van der Waals surface area (Å²) in [5, 5.41) is 28.1. The van der Waals surface area contributed by atoms with E-state index in [4.69, 9.17) is 4.98 Å². The fourth-order valence-electron chi connectivity index (χ4n) is 4.97. The number of nitrogens with zero attached hydrogens (tertiary/aromatic N) is 5. The normalized spacial score (nSPS) is 23.8. The second kappa shape index (κ2) is 9.97. The molecule has 4 heterocycles. The second-order valence-electron chi connectivity index (χ2n) is 8.74. The minimum Gasteiger partial charge on any atom is -0.396 e. The third kappa shape index (κ3) is 4.71. The SMILES string of the molecule is C=CC(O)N1CCCC(Nc2cc(N3CCCC[C@H]3CCO)nc3c(CC)cnn23)C1. The number of anilines is 2. The molecule has 2 aliphatic rings. The highest BCUT2D eigenvalue weighted by Gasteiger charge is 2.27. The molecule has 0 aromatic carbocycles. The van der Waals surface area contributed by atoms with Gasteiger partial charge in [0, 0.05) is 50.0 Å². The first-order valence-electron chi connectivity index (χ1n) is 11.7. The van der Waals surface area contributed by atoms with Crippen molar-refractivity contribution < 1.29 is 10.2 Å². The van der Waals surface area contributed by atoms with Crippen LogP contribution in [0.2, 0.25) is 0 Å². The van der Waals surface area contributed by atoms with Gasteiger partial charge < -0.3 is 20.4 Å². The number of rotatable bonds is 8. The van der Waals surface area contributed by atoms with Gasteiger partial charge in [0.15, 0.2) is 5.65 Å². The number of likely N-dealkylation sites (tertiary alicyclic amines) is 1. The zero-order valence-electron chi connectivity index (χ0n) is 18.6. The van der Waals surface area contributed by atoms with E-state index in [9.17, 15) is 10.2 Å². The molecule has 2 aliphatic heterocycles. The molecule has 0 bridgehead atoms. The number of aliphatic hydroxyl groups is 2. The highest BCUT2D eigenvalue weighted by molar-refractivity contribution is 5.61. The van der Waals surface area contributed by atoms with Gasteiger partial charge >= 0.3 is 0 Å². The smallest absolute Gasteiger partial charge is 0.162 e. The van der Waals surface area contributed by atoms with E-state index in [0.717, 1.165) is 81.0 Å². The summed E-state index contributed by atoms with van der Waals surface area (Å²) in [6, 6.07) is 2.64. The Kier molecular flexibility index (Phi) is 7.09. The minimum absolute atomic E-state index is 0.199. The summed E-state index contributed by atoms with van der Waals surface area (Å²) < 4.78 is 1.91. The summed E-state index contributed by atoms with van der Waals surface area (Å²) >= 11 is 0. The highest BCUT2D eigenvalue weighted by atomic mass is 16.3. The number of aryl methyl sites for hydroxylation is 1. The quantitative estimate of drug-likeness (QED) is 0.557. The maximum Gasteiger partial charge on any atom is 0.162 e. The Balaban J connectivity index is 1.66. The summed E-state index contributed by atoms with van der Waals surface area (Å²) in [7, 11) is 0. The molecule has 2 saturated heterocycles. The molecule has 2 aromatic heterocycles. The fourth-order valence-corrected chi connectivity index (χ4v) is 4.97. The molecule has 2 fully saturated rings. The van der Waals surface area contributed by atoms with Crippen LogP contribution in [0.1, 0.15) is 51.0 Å². The van der Waals surface area contributed by atoms with E-state index in [1.807, 2.05) is 10.7 Å². The zero-order valence-corrected chi connectivity index (χ0v) is 18.6. The molecule has 0 spiro atoms. The summed E-state index contributed by atoms with van der Waals surface area (Å²) in [6.45, 7) is 8.65. The number of nitrogens with one attached hydrogen (secondary N) is 1. The van der Waals surface area contributed by atoms with Crippen LogP contribution in [0.5, 0.6) is 0 Å². The van der Waals surface area contributed by atoms with E-state index >= 15 is 0 Å². The Morgan fingerprint density at radius 2 is 2.16 bits per heavy atom. The van der Waals surface area contributed by atoms with Crippen LogP contribution >= 0.6 is 0 Å². The second-order valence-corrected chi connectivity index (χ2v) is 8.74. The van der Waals surface area contributed by atoms with Gasteiger partial charge in [-0.25, -0.2) is 4.98 Å². The standard InChI is InChI=1S/C23H36N6O2/c1-3-17-15-24-29-21(25-18-8-7-11-27(16-18)22(31)4-2)14-20(26-23(17)29)28-12-6-5-9-19(28)10-13-30/h4,14-15,18-19,22,25,30-31H,2-3,5-13,16H2,1H3/t18?,19-,22?/m0/s1. The maximum atomic E-state index is 10.2. The van der Waals surface area contributed by atoms with Crippen molar-refractivity contribution in [3.05, 3.63) is 30.5 Å². The van der Waals surface area contributed by atoms with Crippen molar-refractivity contribution in [1.82, 2.24) is 19.5 Å². The largest absolute Gasteiger partial charge is 0.396 e. The average molecular weight is 429 g/mol. The van der Waals surface area contributed by atoms with E-state index in [2.05, 4.69) is 39.8 Å². The molecule has 4 rings (SSSR count). The van der Waals surface area contributed by atoms with Crippen molar-refractivity contribution in [2.75, 3.05) is 36.5 Å². The van der Waals surface area contributed by atoms with Crippen molar-refractivity contribution in [3.8, 4) is 0 Å². The van der Waals surface area contributed by atoms with E-state index < -0.39 is 6.23 Å². The van der Waals surface area contributed by atoms with E-state index in [-0.39, 0.29) is 12.6 Å². The van der Waals surface area contributed by atoms with Crippen LogP contribution in [0.15, 0.2) is 24.9 Å². The molecule has 0 radical (unpaired) electrons. The number of aliphatic hydroxyl groups excluding tert-OH is 2. The van der Waals surface area contributed by atoms with E-state index in [1.165, 1.54) is 6.42 Å². The van der Waals surface area contributed by atoms with Gasteiger partial charge in [0.25, 0.3) is 0 Å². The van der Waals surface area contributed by atoms with Gasteiger partial charge in [-0.15, -0.1) is 0 Å². The first-order valence-corrected chi connectivity index (χ1v) is 11.7. The molecular weight excluding hydrogens is 392 g/mol. The molecule has 31 heavy (non-hydrogen) atoms. The van der Waals surface area contributed by atoms with Gasteiger partial charge in [-0.05, 0) is 51.0 Å². The van der Waals surface area contributed by atoms with Gasteiger partial charge in [-0.3, -0.25) is 4.90 Å². The van der Waals surface area contributed by atoms with Crippen molar-refractivity contribution in [1.29, 1.82) is 0 Å². The molecular formula is C23H36N6O2. The highest BCUT2D eigenvalue weighted by Crippen LogP contribution is 2.29. The zero-order chi connectivity index (χ0) is 21.8. The summed E-state index contributed by atoms with van der Waals surface area (Å²) in [5.74, 6) is 1.90. The van der Waals surface area contributed by atoms with Crippen LogP contribution in [0.3, 0.4) is 0 Å². The van der Waals surface area contributed by atoms with E-state index in [0.29, 0.717) is 6.04 Å². The third-order valence-corrected chi connectivity index (χ3v) is 6.69. The number of hydrogen-bond donors (Lipinski definition) is 3. The van der Waals surface area contributed by atoms with E-state index in [1.54, 1.807) is 6.08 Å². The molecule has 0 saturated carbocycles. The van der Waals surface area contributed by atoms with Crippen LogP contribution in [-0.4, -0.2) is 74.3 Å². The number of fused-ring (bicyclic) bond motifs is 1. The van der Waals surface area contributed by atoms with Crippen LogP contribution < -0.4 is 10.2 Å². The van der Waals surface area contributed by atoms with Crippen LogP contribution in [-0.2, 0) is 6.42 Å². The first kappa shape index (κ1) is 22.0. The fraction of sp³-hybridized carbons (Fsp3) is 0.652. The molecule has 2 unspecified atom stereocenters. The van der Waals surface area contributed by atoms with Gasteiger partial charge in [0.1, 0.15) is 17.9 Å². The lowest BCUT2D eigenvalue weighted by Gasteiger charge is -2.37. The Labute approximate surface area is 184 Å². The Hall–Kier alpha value is -2.16. The Bertz CT molecular complexity index is 882. The van der Waals surface area contributed by atoms with Crippen molar-refractivity contribution in [2.45, 2.75) is 70.2 Å². The topological polar surface area (TPSA) is 89.2 Å². The predicted molar refractivity (Wildman–Crippen MR) is 123 cm³/mol. The third-order valence-electron chi connectivity index (χ3n) is 6.69. The van der Waals surface area contributed by atoms with Gasteiger partial charge in [-0.2, -0.15) is 9.61 Å². The van der Waals surface area contributed by atoms with Gasteiger partial charge in [0.2, 0.25) is 0 Å². The van der Waals surface area contributed by atoms with Crippen LogP contribution in [0, 0.1) is 0 Å². The minimum atomic E-state index is -0.610. The summed E-state index contributed by atoms with van der Waals surface area (Å²) in [4.78, 5) is 9.43. The Morgan fingerprint density at radius 3 is 2.94 bits per heavy atom. The lowest BCUT2D eigenvalue weighted by molar-refractivity contribution is 0.0251. The summed E-state index contributed by atoms with van der Waals surface area (Å²) in [5.41, 5.74) is 2.03. The first-order chi connectivity index (χ1) is 15.1. The lowest BCUT2D eigenvalue weighted by atomic mass is 9.99. The maximum absolute atomic E-state index is 10.2.